The van der Waals surface area contributed by atoms with Gasteiger partial charge in [0, 0.05) is 18.3 Å². The molecule has 2 N–H and O–H groups in total. The molecule has 0 aliphatic carbocycles. The van der Waals surface area contributed by atoms with Crippen LogP contribution in [0.25, 0.3) is 0 Å². The zero-order valence-electron chi connectivity index (χ0n) is 12.2. The van der Waals surface area contributed by atoms with Crippen molar-refractivity contribution in [3.05, 3.63) is 47.2 Å². The number of carboxylic acids is 1. The molecule has 0 radical (unpaired) electrons. The summed E-state index contributed by atoms with van der Waals surface area (Å²) in [5.41, 5.74) is 2.58. The molecular formula is C15H20N2O3. The highest BCUT2D eigenvalue weighted by molar-refractivity contribution is 6.15. The number of allylic oxidation sites excluding steroid dienone is 5. The maximum Gasteiger partial charge on any atom is 0.335 e. The van der Waals surface area contributed by atoms with Gasteiger partial charge in [0.15, 0.2) is 0 Å². The van der Waals surface area contributed by atoms with Crippen molar-refractivity contribution >= 4 is 18.1 Å². The number of hydrogen-bond acceptors (Lipinski definition) is 3. The van der Waals surface area contributed by atoms with E-state index in [2.05, 4.69) is 16.9 Å². The van der Waals surface area contributed by atoms with Gasteiger partial charge < -0.3 is 10.4 Å². The van der Waals surface area contributed by atoms with E-state index in [1.807, 2.05) is 6.92 Å². The van der Waals surface area contributed by atoms with E-state index in [1.54, 1.807) is 33.0 Å². The molecule has 0 aromatic carbocycles. The molecule has 0 aliphatic rings. The number of carbonyl (C=O) groups excluding carboxylic acids is 1. The summed E-state index contributed by atoms with van der Waals surface area (Å²) in [6.07, 6.45) is 5.56. The maximum absolute atomic E-state index is 10.9. The van der Waals surface area contributed by atoms with Gasteiger partial charge in [-0.1, -0.05) is 18.7 Å². The molecule has 0 saturated heterocycles. The number of aliphatic imine (C=N–C) groups is 1. The quantitative estimate of drug-likeness (QED) is 0.324. The van der Waals surface area contributed by atoms with E-state index in [-0.39, 0.29) is 5.57 Å². The van der Waals surface area contributed by atoms with Gasteiger partial charge in [0.05, 0.1) is 11.3 Å². The van der Waals surface area contributed by atoms with E-state index in [0.717, 1.165) is 5.57 Å². The van der Waals surface area contributed by atoms with Crippen LogP contribution >= 0.6 is 0 Å². The summed E-state index contributed by atoms with van der Waals surface area (Å²) in [5.74, 6) is -1.09. The van der Waals surface area contributed by atoms with E-state index < -0.39 is 5.97 Å². The van der Waals surface area contributed by atoms with Gasteiger partial charge >= 0.3 is 5.97 Å². The van der Waals surface area contributed by atoms with E-state index in [9.17, 15) is 9.59 Å². The largest absolute Gasteiger partial charge is 0.478 e. The zero-order valence-corrected chi connectivity index (χ0v) is 12.2. The van der Waals surface area contributed by atoms with Crippen molar-refractivity contribution in [2.75, 3.05) is 7.05 Å². The SMILES string of the molecule is C=C(/C=C(\C=C/C)C(=N/C)/C(C)=C(\C)NC=O)C(=O)O. The van der Waals surface area contributed by atoms with E-state index in [4.69, 9.17) is 5.11 Å². The van der Waals surface area contributed by atoms with Crippen molar-refractivity contribution < 1.29 is 14.7 Å². The van der Waals surface area contributed by atoms with E-state index >= 15 is 0 Å². The number of rotatable bonds is 7. The summed E-state index contributed by atoms with van der Waals surface area (Å²) in [7, 11) is 1.61. The Kier molecular flexibility index (Phi) is 7.58. The van der Waals surface area contributed by atoms with Crippen LogP contribution in [0.5, 0.6) is 0 Å². The molecule has 0 heterocycles. The molecule has 108 valence electrons. The van der Waals surface area contributed by atoms with Crippen molar-refractivity contribution in [1.29, 1.82) is 0 Å². The summed E-state index contributed by atoms with van der Waals surface area (Å²) in [6, 6.07) is 0. The zero-order chi connectivity index (χ0) is 15.7. The Morgan fingerprint density at radius 1 is 1.35 bits per heavy atom. The molecule has 0 saturated carbocycles. The third-order valence-corrected chi connectivity index (χ3v) is 2.64. The van der Waals surface area contributed by atoms with Gasteiger partial charge in [-0.05, 0) is 32.4 Å². The Morgan fingerprint density at radius 3 is 2.35 bits per heavy atom. The molecular weight excluding hydrogens is 256 g/mol. The molecule has 20 heavy (non-hydrogen) atoms. The number of carbonyl (C=O) groups is 2. The second-order valence-electron chi connectivity index (χ2n) is 4.01. The van der Waals surface area contributed by atoms with Gasteiger partial charge in [-0.25, -0.2) is 4.79 Å². The highest BCUT2D eigenvalue weighted by atomic mass is 16.4. The van der Waals surface area contributed by atoms with Crippen LogP contribution in [-0.4, -0.2) is 30.2 Å². The third kappa shape index (κ3) is 5.06. The van der Waals surface area contributed by atoms with Crippen molar-refractivity contribution in [1.82, 2.24) is 5.32 Å². The summed E-state index contributed by atoms with van der Waals surface area (Å²) < 4.78 is 0. The molecule has 0 spiro atoms. The molecule has 0 rings (SSSR count). The van der Waals surface area contributed by atoms with Crippen LogP contribution in [0.3, 0.4) is 0 Å². The van der Waals surface area contributed by atoms with Gasteiger partial charge in [-0.15, -0.1) is 0 Å². The number of nitrogens with one attached hydrogen (secondary N) is 1. The summed E-state index contributed by atoms with van der Waals surface area (Å²) in [6.45, 7) is 8.85. The van der Waals surface area contributed by atoms with Crippen LogP contribution in [0.15, 0.2) is 52.2 Å². The fraction of sp³-hybridized carbons (Fsp3) is 0.267. The number of nitrogens with zero attached hydrogens (tertiary/aromatic N) is 1. The van der Waals surface area contributed by atoms with Crippen LogP contribution in [0.1, 0.15) is 20.8 Å². The van der Waals surface area contributed by atoms with Crippen LogP contribution < -0.4 is 5.32 Å². The monoisotopic (exact) mass is 276 g/mol. The topological polar surface area (TPSA) is 78.8 Å². The molecule has 0 fully saturated rings. The molecule has 0 aromatic heterocycles. The highest BCUT2D eigenvalue weighted by Gasteiger charge is 2.11. The fourth-order valence-electron chi connectivity index (χ4n) is 1.51. The molecule has 0 atom stereocenters. The van der Waals surface area contributed by atoms with Gasteiger partial charge in [-0.2, -0.15) is 0 Å². The average molecular weight is 276 g/mol. The molecule has 0 bridgehead atoms. The molecule has 5 heteroatoms. The Morgan fingerprint density at radius 2 is 1.95 bits per heavy atom. The van der Waals surface area contributed by atoms with Gasteiger partial charge in [0.25, 0.3) is 0 Å². The number of carboxylic acid groups (broad SMARTS) is 1. The second-order valence-corrected chi connectivity index (χ2v) is 4.01. The van der Waals surface area contributed by atoms with Gasteiger partial charge in [0.1, 0.15) is 0 Å². The first kappa shape index (κ1) is 17.6. The predicted octanol–water partition coefficient (Wildman–Crippen LogP) is 2.24. The van der Waals surface area contributed by atoms with Gasteiger partial charge in [-0.3, -0.25) is 9.79 Å². The second kappa shape index (κ2) is 8.63. The number of aliphatic carboxylic acids is 1. The Balaban J connectivity index is 5.80. The Labute approximate surface area is 119 Å². The fourth-order valence-corrected chi connectivity index (χ4v) is 1.51. The van der Waals surface area contributed by atoms with E-state index in [0.29, 0.717) is 23.4 Å². The standard InChI is InChI=1S/C15H20N2O3/c1-6-7-13(8-10(2)15(19)20)14(16-5)11(3)12(4)17-9-18/h6-9H,2H2,1,3-5H3,(H,17,18)(H,19,20)/b7-6-,12-11+,13-8+,16-14+. The average Bonchev–Trinajstić information content (AvgIpc) is 2.39. The van der Waals surface area contributed by atoms with Gasteiger partial charge in [0.2, 0.25) is 6.41 Å². The minimum absolute atomic E-state index is 0.0342. The lowest BCUT2D eigenvalue weighted by Gasteiger charge is -2.11. The predicted molar refractivity (Wildman–Crippen MR) is 80.6 cm³/mol. The Hall–Kier alpha value is -2.43. The molecule has 1 amide bonds. The van der Waals surface area contributed by atoms with Crippen molar-refractivity contribution in [2.45, 2.75) is 20.8 Å². The number of hydrogen-bond donors (Lipinski definition) is 2. The highest BCUT2D eigenvalue weighted by Crippen LogP contribution is 2.14. The van der Waals surface area contributed by atoms with Crippen molar-refractivity contribution in [3.63, 3.8) is 0 Å². The first-order chi connectivity index (χ1) is 9.38. The molecule has 5 nitrogen and oxygen atoms in total. The molecule has 0 unspecified atom stereocenters. The first-order valence-electron chi connectivity index (χ1n) is 6.00. The van der Waals surface area contributed by atoms with Crippen LogP contribution in [0.4, 0.5) is 0 Å². The third-order valence-electron chi connectivity index (χ3n) is 2.64. The van der Waals surface area contributed by atoms with Crippen LogP contribution in [0.2, 0.25) is 0 Å². The van der Waals surface area contributed by atoms with E-state index in [1.165, 1.54) is 6.08 Å². The smallest absolute Gasteiger partial charge is 0.335 e. The summed E-state index contributed by atoms with van der Waals surface area (Å²) >= 11 is 0. The van der Waals surface area contributed by atoms with Crippen molar-refractivity contribution in [2.24, 2.45) is 4.99 Å². The van der Waals surface area contributed by atoms with Crippen LogP contribution in [-0.2, 0) is 9.59 Å². The molecule has 0 aromatic rings. The summed E-state index contributed by atoms with van der Waals surface area (Å²) in [4.78, 5) is 25.5. The minimum atomic E-state index is -1.09. The van der Waals surface area contributed by atoms with Crippen LogP contribution in [0, 0.1) is 0 Å². The normalized spacial score (nSPS) is 14.0. The summed E-state index contributed by atoms with van der Waals surface area (Å²) in [5, 5.41) is 11.5. The lowest BCUT2D eigenvalue weighted by molar-refractivity contribution is -0.132. The minimum Gasteiger partial charge on any atom is -0.478 e. The number of amides is 1. The lowest BCUT2D eigenvalue weighted by Crippen LogP contribution is -2.15. The maximum atomic E-state index is 10.9. The first-order valence-corrected chi connectivity index (χ1v) is 6.00. The molecule has 0 aliphatic heterocycles. The van der Waals surface area contributed by atoms with Crippen molar-refractivity contribution in [3.8, 4) is 0 Å². The lowest BCUT2D eigenvalue weighted by atomic mass is 9.99. The Bertz CT molecular complexity index is 523.